The molecule has 1 aliphatic heterocycles. The maximum Gasteiger partial charge on any atom is 0.410 e. The highest BCUT2D eigenvalue weighted by Crippen LogP contribution is 2.37. The van der Waals surface area contributed by atoms with Crippen LogP contribution in [0, 0.1) is 0 Å². The maximum absolute atomic E-state index is 11.4. The first-order valence-corrected chi connectivity index (χ1v) is 6.32. The molecule has 0 aliphatic carbocycles. The smallest absolute Gasteiger partial charge is 0.410 e. The topological polar surface area (TPSA) is 49.8 Å². The second-order valence-electron chi connectivity index (χ2n) is 4.91. The zero-order chi connectivity index (χ0) is 14.2. The van der Waals surface area contributed by atoms with Crippen molar-refractivity contribution >= 4 is 23.8 Å². The largest absolute Gasteiger partial charge is 0.465 e. The predicted molar refractivity (Wildman–Crippen MR) is 74.2 cm³/mol. The fraction of sp³-hybridized carbons (Fsp3) is 0.357. The third-order valence-electron chi connectivity index (χ3n) is 3.32. The van der Waals surface area contributed by atoms with Crippen molar-refractivity contribution in [1.29, 1.82) is 0 Å². The van der Waals surface area contributed by atoms with E-state index in [4.69, 9.17) is 16.3 Å². The molecule has 1 saturated heterocycles. The van der Waals surface area contributed by atoms with E-state index in [2.05, 4.69) is 6.58 Å². The molecule has 0 unspecified atom stereocenters. The molecule has 1 atom stereocenters. The molecule has 5 heteroatoms. The second kappa shape index (κ2) is 4.87. The first-order chi connectivity index (χ1) is 8.86. The Morgan fingerprint density at radius 3 is 2.89 bits per heavy atom. The summed E-state index contributed by atoms with van der Waals surface area (Å²) in [6.45, 7) is 7.51. The van der Waals surface area contributed by atoms with Gasteiger partial charge in [0.05, 0.1) is 12.6 Å². The Morgan fingerprint density at radius 1 is 1.63 bits per heavy atom. The number of amides is 1. The molecule has 0 radical (unpaired) electrons. The Hall–Kier alpha value is -1.52. The van der Waals surface area contributed by atoms with Crippen LogP contribution in [0.5, 0.6) is 0 Å². The van der Waals surface area contributed by atoms with Crippen LogP contribution in [0.4, 0.5) is 4.79 Å². The van der Waals surface area contributed by atoms with Crippen LogP contribution < -0.4 is 0 Å². The van der Waals surface area contributed by atoms with Crippen molar-refractivity contribution in [2.24, 2.45) is 0 Å². The minimum Gasteiger partial charge on any atom is -0.465 e. The minimum atomic E-state index is -0.998. The number of carbonyl (C=O) groups is 1. The van der Waals surface area contributed by atoms with E-state index in [-0.39, 0.29) is 6.04 Å². The van der Waals surface area contributed by atoms with Crippen molar-refractivity contribution in [3.63, 3.8) is 0 Å². The van der Waals surface area contributed by atoms with Crippen molar-refractivity contribution in [1.82, 2.24) is 4.90 Å². The molecule has 4 nitrogen and oxygen atoms in total. The van der Waals surface area contributed by atoms with Gasteiger partial charge in [-0.25, -0.2) is 4.79 Å². The van der Waals surface area contributed by atoms with Gasteiger partial charge in [-0.05, 0) is 37.1 Å². The molecule has 2 rings (SSSR count). The molecule has 19 heavy (non-hydrogen) atoms. The summed E-state index contributed by atoms with van der Waals surface area (Å²) in [5.74, 6) is 0. The standard InChI is InChI=1S/C14H16ClNO3/c1-4-9-7-10(5-6-11(9)15)12-8-19-14(2,3)16(12)13(17)18/h4-7,12H,1,8H2,2-3H3,(H,17,18)/t12-/m1/s1. The highest BCUT2D eigenvalue weighted by atomic mass is 35.5. The summed E-state index contributed by atoms with van der Waals surface area (Å²) in [7, 11) is 0. The lowest BCUT2D eigenvalue weighted by Crippen LogP contribution is -2.44. The summed E-state index contributed by atoms with van der Waals surface area (Å²) in [5, 5.41) is 9.96. The third-order valence-corrected chi connectivity index (χ3v) is 3.66. The van der Waals surface area contributed by atoms with Crippen LogP contribution in [-0.2, 0) is 4.74 Å². The monoisotopic (exact) mass is 281 g/mol. The number of halogens is 1. The Kier molecular flexibility index (Phi) is 3.56. The Labute approximate surface area is 117 Å². The summed E-state index contributed by atoms with van der Waals surface area (Å²) in [4.78, 5) is 12.7. The van der Waals surface area contributed by atoms with Crippen LogP contribution in [0.3, 0.4) is 0 Å². The van der Waals surface area contributed by atoms with Gasteiger partial charge >= 0.3 is 6.09 Å². The van der Waals surface area contributed by atoms with Crippen LogP contribution in [0.2, 0.25) is 5.02 Å². The van der Waals surface area contributed by atoms with Gasteiger partial charge in [-0.3, -0.25) is 4.90 Å². The van der Waals surface area contributed by atoms with Gasteiger partial charge in [-0.1, -0.05) is 30.3 Å². The summed E-state index contributed by atoms with van der Waals surface area (Å²) in [6.07, 6.45) is 0.653. The Morgan fingerprint density at radius 2 is 2.32 bits per heavy atom. The Balaban J connectivity index is 2.41. The van der Waals surface area contributed by atoms with Gasteiger partial charge in [0.25, 0.3) is 0 Å². The number of rotatable bonds is 2. The van der Waals surface area contributed by atoms with Gasteiger partial charge in [0.2, 0.25) is 0 Å². The molecule has 1 aromatic carbocycles. The number of hydrogen-bond donors (Lipinski definition) is 1. The average molecular weight is 282 g/mol. The fourth-order valence-electron chi connectivity index (χ4n) is 2.34. The van der Waals surface area contributed by atoms with Gasteiger partial charge in [-0.15, -0.1) is 0 Å². The molecule has 0 aromatic heterocycles. The van der Waals surface area contributed by atoms with E-state index in [1.54, 1.807) is 26.0 Å². The van der Waals surface area contributed by atoms with E-state index in [9.17, 15) is 9.90 Å². The van der Waals surface area contributed by atoms with Crippen LogP contribution >= 0.6 is 11.6 Å². The number of hydrogen-bond acceptors (Lipinski definition) is 2. The molecular formula is C14H16ClNO3. The molecule has 102 valence electrons. The van der Waals surface area contributed by atoms with E-state index in [0.717, 1.165) is 11.1 Å². The Bertz CT molecular complexity index is 527. The quantitative estimate of drug-likeness (QED) is 0.898. The number of ether oxygens (including phenoxy) is 1. The van der Waals surface area contributed by atoms with E-state index in [0.29, 0.717) is 11.6 Å². The minimum absolute atomic E-state index is 0.330. The van der Waals surface area contributed by atoms with Crippen molar-refractivity contribution in [3.8, 4) is 0 Å². The molecule has 1 N–H and O–H groups in total. The molecule has 1 fully saturated rings. The molecule has 1 aliphatic rings. The molecule has 1 aromatic rings. The van der Waals surface area contributed by atoms with Crippen LogP contribution in [-0.4, -0.2) is 28.4 Å². The van der Waals surface area contributed by atoms with Gasteiger partial charge in [0, 0.05) is 5.02 Å². The van der Waals surface area contributed by atoms with Crippen molar-refractivity contribution < 1.29 is 14.6 Å². The van der Waals surface area contributed by atoms with Crippen LogP contribution in [0.25, 0.3) is 6.08 Å². The van der Waals surface area contributed by atoms with Crippen molar-refractivity contribution in [2.75, 3.05) is 6.61 Å². The molecular weight excluding hydrogens is 266 g/mol. The van der Waals surface area contributed by atoms with Crippen LogP contribution in [0.1, 0.15) is 31.0 Å². The highest BCUT2D eigenvalue weighted by molar-refractivity contribution is 6.32. The molecule has 1 amide bonds. The number of carboxylic acid groups (broad SMARTS) is 1. The first kappa shape index (κ1) is 13.9. The van der Waals surface area contributed by atoms with Gasteiger partial charge < -0.3 is 9.84 Å². The normalized spacial score (nSPS) is 21.4. The fourth-order valence-corrected chi connectivity index (χ4v) is 2.53. The molecule has 0 bridgehead atoms. The van der Waals surface area contributed by atoms with Gasteiger partial charge in [0.15, 0.2) is 0 Å². The summed E-state index contributed by atoms with van der Waals surface area (Å²) < 4.78 is 5.57. The second-order valence-corrected chi connectivity index (χ2v) is 5.32. The lowest BCUT2D eigenvalue weighted by Gasteiger charge is -2.31. The van der Waals surface area contributed by atoms with Crippen molar-refractivity contribution in [2.45, 2.75) is 25.6 Å². The zero-order valence-electron chi connectivity index (χ0n) is 10.9. The molecule has 0 saturated carbocycles. The highest BCUT2D eigenvalue weighted by Gasteiger charge is 2.44. The average Bonchev–Trinajstić information content (AvgIpc) is 2.65. The van der Waals surface area contributed by atoms with Crippen molar-refractivity contribution in [3.05, 3.63) is 40.9 Å². The lowest BCUT2D eigenvalue weighted by atomic mass is 10.0. The SMILES string of the molecule is C=Cc1cc([C@H]2COC(C)(C)N2C(=O)O)ccc1Cl. The van der Waals surface area contributed by atoms with E-state index >= 15 is 0 Å². The first-order valence-electron chi connectivity index (χ1n) is 5.95. The zero-order valence-corrected chi connectivity index (χ0v) is 11.6. The summed E-state index contributed by atoms with van der Waals surface area (Å²) in [5.41, 5.74) is 0.811. The molecule has 0 spiro atoms. The molecule has 1 heterocycles. The van der Waals surface area contributed by atoms with Gasteiger partial charge in [0.1, 0.15) is 5.72 Å². The maximum atomic E-state index is 11.4. The van der Waals surface area contributed by atoms with E-state index < -0.39 is 11.8 Å². The van der Waals surface area contributed by atoms with E-state index in [1.165, 1.54) is 4.90 Å². The number of nitrogens with zero attached hydrogens (tertiary/aromatic N) is 1. The van der Waals surface area contributed by atoms with Gasteiger partial charge in [-0.2, -0.15) is 0 Å². The van der Waals surface area contributed by atoms with Crippen LogP contribution in [0.15, 0.2) is 24.8 Å². The summed E-state index contributed by atoms with van der Waals surface area (Å²) in [6, 6.07) is 5.09. The third kappa shape index (κ3) is 2.46. The van der Waals surface area contributed by atoms with E-state index in [1.807, 2.05) is 12.1 Å². The number of benzene rings is 1. The lowest BCUT2D eigenvalue weighted by molar-refractivity contribution is -0.0420. The summed E-state index contributed by atoms with van der Waals surface area (Å²) >= 11 is 6.03. The predicted octanol–water partition coefficient (Wildman–Crippen LogP) is 3.77.